The van der Waals surface area contributed by atoms with Crippen molar-refractivity contribution in [1.82, 2.24) is 5.32 Å². The molecule has 2 rings (SSSR count). The molecule has 0 amide bonds. The highest BCUT2D eigenvalue weighted by molar-refractivity contribution is 5.45. The maximum Gasteiger partial charge on any atom is 0.127 e. The van der Waals surface area contributed by atoms with Gasteiger partial charge in [0.1, 0.15) is 24.2 Å². The zero-order valence-corrected chi connectivity index (χ0v) is 10.4. The van der Waals surface area contributed by atoms with Crippen LogP contribution in [-0.4, -0.2) is 31.0 Å². The third-order valence-electron chi connectivity index (χ3n) is 3.12. The molecule has 0 aliphatic carbocycles. The minimum Gasteiger partial charge on any atom is -0.491 e. The van der Waals surface area contributed by atoms with E-state index in [9.17, 15) is 5.11 Å². The topological polar surface area (TPSA) is 50.7 Å². The van der Waals surface area contributed by atoms with Crippen molar-refractivity contribution in [2.75, 3.05) is 13.7 Å². The highest BCUT2D eigenvalue weighted by atomic mass is 16.5. The summed E-state index contributed by atoms with van der Waals surface area (Å²) in [6, 6.07) is 6.06. The van der Waals surface area contributed by atoms with Crippen molar-refractivity contribution >= 4 is 0 Å². The van der Waals surface area contributed by atoms with Gasteiger partial charge in [0, 0.05) is 11.6 Å². The highest BCUT2D eigenvalue weighted by Crippen LogP contribution is 2.35. The number of rotatable bonds is 4. The number of likely N-dealkylation sites (N-methyl/N-ethyl adjacent to an activating group) is 1. The van der Waals surface area contributed by atoms with Gasteiger partial charge in [-0.05, 0) is 33.0 Å². The summed E-state index contributed by atoms with van der Waals surface area (Å²) in [5.41, 5.74) is 1.16. The number of ether oxygens (including phenoxy) is 2. The smallest absolute Gasteiger partial charge is 0.127 e. The first-order chi connectivity index (χ1) is 8.11. The van der Waals surface area contributed by atoms with Crippen LogP contribution in [0.15, 0.2) is 18.2 Å². The van der Waals surface area contributed by atoms with Gasteiger partial charge in [-0.3, -0.25) is 0 Å². The number of aliphatic hydroxyl groups excluding tert-OH is 1. The maximum atomic E-state index is 9.39. The molecule has 4 nitrogen and oxygen atoms in total. The number of hydrogen-bond acceptors (Lipinski definition) is 4. The largest absolute Gasteiger partial charge is 0.491 e. The molecule has 1 aliphatic heterocycles. The summed E-state index contributed by atoms with van der Waals surface area (Å²) in [6.45, 7) is 4.21. The van der Waals surface area contributed by atoms with E-state index < -0.39 is 6.10 Å². The van der Waals surface area contributed by atoms with E-state index in [0.717, 1.165) is 17.1 Å². The average molecular weight is 237 g/mol. The molecular formula is C13H19NO3. The Morgan fingerprint density at radius 3 is 2.88 bits per heavy atom. The predicted molar refractivity (Wildman–Crippen MR) is 65.5 cm³/mol. The van der Waals surface area contributed by atoms with Crippen LogP contribution in [0.25, 0.3) is 0 Å². The monoisotopic (exact) mass is 237 g/mol. The molecule has 0 aromatic heterocycles. The van der Waals surface area contributed by atoms with E-state index in [1.165, 1.54) is 0 Å². The summed E-state index contributed by atoms with van der Waals surface area (Å²) in [4.78, 5) is 0. The number of hydrogen-bond donors (Lipinski definition) is 2. The van der Waals surface area contributed by atoms with E-state index >= 15 is 0 Å². The molecule has 1 aromatic rings. The van der Waals surface area contributed by atoms with Gasteiger partial charge in [0.25, 0.3) is 0 Å². The maximum absolute atomic E-state index is 9.39. The van der Waals surface area contributed by atoms with E-state index in [0.29, 0.717) is 6.61 Å². The SMILES string of the molecule is CNC1COc2cc(OC(C)C(C)O)ccc21. The fourth-order valence-corrected chi connectivity index (χ4v) is 1.82. The summed E-state index contributed by atoms with van der Waals surface area (Å²) in [5.74, 6) is 1.59. The Bertz CT molecular complexity index is 392. The normalized spacial score (nSPS) is 21.5. The predicted octanol–water partition coefficient (Wildman–Crippen LogP) is 1.49. The molecule has 0 saturated carbocycles. The van der Waals surface area contributed by atoms with Crippen molar-refractivity contribution in [1.29, 1.82) is 0 Å². The van der Waals surface area contributed by atoms with Gasteiger partial charge < -0.3 is 19.9 Å². The summed E-state index contributed by atoms with van der Waals surface area (Å²) in [6.07, 6.45) is -0.719. The van der Waals surface area contributed by atoms with E-state index in [-0.39, 0.29) is 12.1 Å². The lowest BCUT2D eigenvalue weighted by molar-refractivity contribution is 0.0603. The van der Waals surface area contributed by atoms with Gasteiger partial charge in [-0.25, -0.2) is 0 Å². The molecule has 0 saturated heterocycles. The number of aliphatic hydroxyl groups is 1. The van der Waals surface area contributed by atoms with E-state index in [2.05, 4.69) is 5.32 Å². The van der Waals surface area contributed by atoms with Crippen molar-refractivity contribution in [3.8, 4) is 11.5 Å². The van der Waals surface area contributed by atoms with Crippen LogP contribution in [0.5, 0.6) is 11.5 Å². The molecule has 0 fully saturated rings. The van der Waals surface area contributed by atoms with Crippen LogP contribution in [-0.2, 0) is 0 Å². The molecule has 2 N–H and O–H groups in total. The molecule has 4 heteroatoms. The van der Waals surface area contributed by atoms with E-state index in [4.69, 9.17) is 9.47 Å². The first-order valence-electron chi connectivity index (χ1n) is 5.90. The highest BCUT2D eigenvalue weighted by Gasteiger charge is 2.23. The molecule has 1 aliphatic rings. The number of fused-ring (bicyclic) bond motifs is 1. The third kappa shape index (κ3) is 2.53. The Morgan fingerprint density at radius 1 is 1.47 bits per heavy atom. The fraction of sp³-hybridized carbons (Fsp3) is 0.538. The Kier molecular flexibility index (Phi) is 3.54. The Morgan fingerprint density at radius 2 is 2.24 bits per heavy atom. The van der Waals surface area contributed by atoms with Gasteiger partial charge in [-0.1, -0.05) is 0 Å². The van der Waals surface area contributed by atoms with Gasteiger partial charge in [0.2, 0.25) is 0 Å². The second-order valence-corrected chi connectivity index (χ2v) is 4.42. The van der Waals surface area contributed by atoms with Crippen LogP contribution in [0.2, 0.25) is 0 Å². The quantitative estimate of drug-likeness (QED) is 0.833. The van der Waals surface area contributed by atoms with Crippen LogP contribution in [0.3, 0.4) is 0 Å². The molecule has 1 heterocycles. The molecule has 1 aromatic carbocycles. The Hall–Kier alpha value is -1.26. The number of nitrogens with one attached hydrogen (secondary N) is 1. The standard InChI is InChI=1S/C13H19NO3/c1-8(15)9(2)17-10-4-5-11-12(14-3)7-16-13(11)6-10/h4-6,8-9,12,14-15H,7H2,1-3H3. The van der Waals surface area contributed by atoms with E-state index in [1.54, 1.807) is 6.92 Å². The summed E-state index contributed by atoms with van der Waals surface area (Å²) >= 11 is 0. The Labute approximate surface area is 102 Å². The van der Waals surface area contributed by atoms with Crippen LogP contribution in [0.4, 0.5) is 0 Å². The zero-order valence-electron chi connectivity index (χ0n) is 10.4. The van der Waals surface area contributed by atoms with Crippen molar-refractivity contribution in [3.05, 3.63) is 23.8 Å². The molecule has 0 radical (unpaired) electrons. The first-order valence-corrected chi connectivity index (χ1v) is 5.90. The van der Waals surface area contributed by atoms with Gasteiger partial charge in [0.15, 0.2) is 0 Å². The van der Waals surface area contributed by atoms with Crippen LogP contribution >= 0.6 is 0 Å². The second-order valence-electron chi connectivity index (χ2n) is 4.42. The molecule has 3 unspecified atom stereocenters. The number of benzene rings is 1. The van der Waals surface area contributed by atoms with Crippen LogP contribution < -0.4 is 14.8 Å². The third-order valence-corrected chi connectivity index (χ3v) is 3.12. The van der Waals surface area contributed by atoms with Crippen molar-refractivity contribution in [2.24, 2.45) is 0 Å². The molecular weight excluding hydrogens is 218 g/mol. The fourth-order valence-electron chi connectivity index (χ4n) is 1.82. The average Bonchev–Trinajstić information content (AvgIpc) is 2.71. The van der Waals surface area contributed by atoms with E-state index in [1.807, 2.05) is 32.2 Å². The summed E-state index contributed by atoms with van der Waals surface area (Å²) < 4.78 is 11.2. The Balaban J connectivity index is 2.13. The minimum atomic E-state index is -0.491. The molecule has 0 bridgehead atoms. The molecule has 0 spiro atoms. The molecule has 17 heavy (non-hydrogen) atoms. The van der Waals surface area contributed by atoms with Crippen LogP contribution in [0.1, 0.15) is 25.5 Å². The van der Waals surface area contributed by atoms with Gasteiger partial charge in [-0.15, -0.1) is 0 Å². The van der Waals surface area contributed by atoms with Gasteiger partial charge >= 0.3 is 0 Å². The summed E-state index contributed by atoms with van der Waals surface area (Å²) in [5, 5.41) is 12.6. The van der Waals surface area contributed by atoms with Crippen molar-refractivity contribution < 1.29 is 14.6 Å². The lowest BCUT2D eigenvalue weighted by atomic mass is 10.1. The molecule has 3 atom stereocenters. The first kappa shape index (κ1) is 12.2. The lowest BCUT2D eigenvalue weighted by Crippen LogP contribution is -2.25. The van der Waals surface area contributed by atoms with Crippen molar-refractivity contribution in [3.63, 3.8) is 0 Å². The summed E-state index contributed by atoms with van der Waals surface area (Å²) in [7, 11) is 1.92. The van der Waals surface area contributed by atoms with Gasteiger partial charge in [-0.2, -0.15) is 0 Å². The second kappa shape index (κ2) is 4.94. The zero-order chi connectivity index (χ0) is 12.4. The van der Waals surface area contributed by atoms with Crippen molar-refractivity contribution in [2.45, 2.75) is 32.1 Å². The minimum absolute atomic E-state index is 0.227. The lowest BCUT2D eigenvalue weighted by Gasteiger charge is -2.17. The molecule has 94 valence electrons. The van der Waals surface area contributed by atoms with Crippen LogP contribution in [0, 0.1) is 0 Å². The van der Waals surface area contributed by atoms with Gasteiger partial charge in [0.05, 0.1) is 12.1 Å².